The van der Waals surface area contributed by atoms with Crippen LogP contribution in [0.3, 0.4) is 0 Å². The third kappa shape index (κ3) is 3.83. The summed E-state index contributed by atoms with van der Waals surface area (Å²) in [6, 6.07) is 7.12. The Labute approximate surface area is 207 Å². The van der Waals surface area contributed by atoms with Crippen LogP contribution in [-0.4, -0.2) is 79.7 Å². The molecule has 0 saturated carbocycles. The van der Waals surface area contributed by atoms with Gasteiger partial charge in [0.25, 0.3) is 0 Å². The van der Waals surface area contributed by atoms with E-state index in [1.165, 1.54) is 12.4 Å². The van der Waals surface area contributed by atoms with Gasteiger partial charge in [0, 0.05) is 26.2 Å². The summed E-state index contributed by atoms with van der Waals surface area (Å²) in [6.07, 6.45) is 4.55. The number of benzene rings is 1. The fourth-order valence-corrected chi connectivity index (χ4v) is 5.68. The average molecular weight is 489 g/mol. The third-order valence-corrected chi connectivity index (χ3v) is 7.65. The lowest BCUT2D eigenvalue weighted by molar-refractivity contribution is -0.141. The number of hydrogen-bond donors (Lipinski definition) is 0. The van der Waals surface area contributed by atoms with Crippen molar-refractivity contribution in [3.63, 3.8) is 0 Å². The molecule has 6 rings (SSSR count). The van der Waals surface area contributed by atoms with E-state index in [4.69, 9.17) is 4.74 Å². The number of carbonyl (C=O) groups is 1. The summed E-state index contributed by atoms with van der Waals surface area (Å²) in [4.78, 5) is 22.4. The second kappa shape index (κ2) is 9.04. The first kappa shape index (κ1) is 22.7. The molecule has 0 spiro atoms. The number of fused-ring (bicyclic) bond motifs is 2. The van der Waals surface area contributed by atoms with Crippen LogP contribution in [0.1, 0.15) is 46.4 Å². The Kier molecular flexibility index (Phi) is 5.70. The van der Waals surface area contributed by atoms with Gasteiger partial charge < -0.3 is 9.64 Å². The Morgan fingerprint density at radius 3 is 2.97 bits per heavy atom. The Balaban J connectivity index is 1.12. The number of ether oxygens (including phenoxy) is 1. The molecule has 2 aliphatic heterocycles. The molecular formula is C25H25FN8O2. The van der Waals surface area contributed by atoms with Gasteiger partial charge in [-0.05, 0) is 59.0 Å². The smallest absolute Gasteiger partial charge is 0.231 e. The topological polar surface area (TPSA) is 113 Å². The second-order valence-electron chi connectivity index (χ2n) is 9.59. The van der Waals surface area contributed by atoms with Crippen LogP contribution in [0.15, 0.2) is 30.7 Å². The zero-order valence-corrected chi connectivity index (χ0v) is 19.8. The summed E-state index contributed by atoms with van der Waals surface area (Å²) in [5, 5.41) is 20.6. The third-order valence-electron chi connectivity index (χ3n) is 7.65. The molecular weight excluding hydrogens is 463 g/mol. The van der Waals surface area contributed by atoms with Crippen LogP contribution in [0.25, 0.3) is 5.69 Å². The summed E-state index contributed by atoms with van der Waals surface area (Å²) in [7, 11) is 0. The molecule has 0 radical (unpaired) electrons. The first-order chi connectivity index (χ1) is 17.5. The SMILES string of the molecule is Cc1c(C2CN3CCN(C(=O)C4CCc5cc(-n6cnnn6)cnc54)C[C@@H]3CO2)ccc(F)c1C#N. The Morgan fingerprint density at radius 2 is 2.17 bits per heavy atom. The van der Waals surface area contributed by atoms with Crippen molar-refractivity contribution >= 4 is 5.91 Å². The van der Waals surface area contributed by atoms with E-state index in [-0.39, 0.29) is 29.5 Å². The van der Waals surface area contributed by atoms with Crippen LogP contribution >= 0.6 is 0 Å². The maximum absolute atomic E-state index is 14.0. The Hall–Kier alpha value is -3.75. The molecule has 2 saturated heterocycles. The zero-order valence-electron chi connectivity index (χ0n) is 19.8. The average Bonchev–Trinajstić information content (AvgIpc) is 3.58. The predicted octanol–water partition coefficient (Wildman–Crippen LogP) is 1.69. The maximum Gasteiger partial charge on any atom is 0.231 e. The van der Waals surface area contributed by atoms with Crippen LogP contribution in [0, 0.1) is 24.1 Å². The number of morpholine rings is 1. The normalized spacial score (nSPS) is 23.7. The number of pyridine rings is 1. The number of nitriles is 1. The van der Waals surface area contributed by atoms with Gasteiger partial charge in [-0.2, -0.15) is 9.94 Å². The van der Waals surface area contributed by atoms with Gasteiger partial charge >= 0.3 is 0 Å². The van der Waals surface area contributed by atoms with Crippen LogP contribution in [0.4, 0.5) is 4.39 Å². The number of nitrogens with zero attached hydrogens (tertiary/aromatic N) is 8. The van der Waals surface area contributed by atoms with Gasteiger partial charge in [0.1, 0.15) is 18.2 Å². The number of halogens is 1. The quantitative estimate of drug-likeness (QED) is 0.547. The molecule has 2 unspecified atom stereocenters. The van der Waals surface area contributed by atoms with E-state index in [0.29, 0.717) is 31.8 Å². The summed E-state index contributed by atoms with van der Waals surface area (Å²) in [6.45, 7) is 4.88. The monoisotopic (exact) mass is 488 g/mol. The number of carbonyl (C=O) groups excluding carboxylic acids is 1. The van der Waals surface area contributed by atoms with E-state index in [2.05, 4.69) is 25.4 Å². The number of amides is 1. The minimum absolute atomic E-state index is 0.0733. The minimum Gasteiger partial charge on any atom is -0.370 e. The molecule has 3 aromatic rings. The Morgan fingerprint density at radius 1 is 1.28 bits per heavy atom. The Bertz CT molecular complexity index is 1350. The fraction of sp³-hybridized carbons (Fsp3) is 0.440. The lowest BCUT2D eigenvalue weighted by atomic mass is 9.96. The highest BCUT2D eigenvalue weighted by atomic mass is 19.1. The van der Waals surface area contributed by atoms with E-state index in [1.54, 1.807) is 23.9 Å². The second-order valence-corrected chi connectivity index (χ2v) is 9.59. The van der Waals surface area contributed by atoms with Crippen LogP contribution in [0.2, 0.25) is 0 Å². The van der Waals surface area contributed by atoms with Crippen molar-refractivity contribution in [3.8, 4) is 11.8 Å². The molecule has 1 aliphatic carbocycles. The van der Waals surface area contributed by atoms with E-state index >= 15 is 0 Å². The van der Waals surface area contributed by atoms with E-state index in [0.717, 1.165) is 41.9 Å². The van der Waals surface area contributed by atoms with E-state index < -0.39 is 5.82 Å². The number of piperazine rings is 1. The first-order valence-electron chi connectivity index (χ1n) is 12.1. The van der Waals surface area contributed by atoms with Gasteiger partial charge in [-0.25, -0.2) is 4.39 Å². The maximum atomic E-state index is 14.0. The van der Waals surface area contributed by atoms with Crippen molar-refractivity contribution in [1.82, 2.24) is 35.0 Å². The molecule has 4 heterocycles. The summed E-state index contributed by atoms with van der Waals surface area (Å²) < 4.78 is 21.7. The molecule has 1 amide bonds. The standard InChI is InChI=1S/C25H25FN8O2/c1-15-19(4-5-22(26)21(15)9-27)23-12-32-6-7-33(11-18(32)13-36-23)25(35)20-3-2-16-8-17(10-28-24(16)20)34-14-29-30-31-34/h4-5,8,10,14,18,20,23H,2-3,6-7,11-13H2,1H3/t18-,20?,23?/m1/s1. The van der Waals surface area contributed by atoms with Crippen molar-refractivity contribution in [2.24, 2.45) is 0 Å². The highest BCUT2D eigenvalue weighted by Gasteiger charge is 2.39. The van der Waals surface area contributed by atoms with Crippen molar-refractivity contribution in [3.05, 3.63) is 64.5 Å². The van der Waals surface area contributed by atoms with Gasteiger partial charge in [0.2, 0.25) is 5.91 Å². The lowest BCUT2D eigenvalue weighted by Gasteiger charge is -2.46. The molecule has 184 valence electrons. The minimum atomic E-state index is -0.505. The van der Waals surface area contributed by atoms with Gasteiger partial charge in [0.15, 0.2) is 0 Å². The zero-order chi connectivity index (χ0) is 24.8. The largest absolute Gasteiger partial charge is 0.370 e. The lowest BCUT2D eigenvalue weighted by Crippen LogP contribution is -2.60. The van der Waals surface area contributed by atoms with Crippen molar-refractivity contribution in [2.45, 2.75) is 37.8 Å². The molecule has 0 bridgehead atoms. The number of aromatic nitrogens is 5. The van der Waals surface area contributed by atoms with Gasteiger partial charge in [-0.15, -0.1) is 5.10 Å². The highest BCUT2D eigenvalue weighted by Crippen LogP contribution is 2.35. The van der Waals surface area contributed by atoms with E-state index in [9.17, 15) is 14.4 Å². The molecule has 2 fully saturated rings. The first-order valence-corrected chi connectivity index (χ1v) is 12.1. The summed E-state index contributed by atoms with van der Waals surface area (Å²) in [5.74, 6) is -0.626. The molecule has 11 heteroatoms. The van der Waals surface area contributed by atoms with Crippen molar-refractivity contribution in [2.75, 3.05) is 32.8 Å². The van der Waals surface area contributed by atoms with Crippen LogP contribution in [0.5, 0.6) is 0 Å². The number of rotatable bonds is 3. The van der Waals surface area contributed by atoms with Crippen LogP contribution < -0.4 is 0 Å². The number of aryl methyl sites for hydroxylation is 1. The molecule has 10 nitrogen and oxygen atoms in total. The summed E-state index contributed by atoms with van der Waals surface area (Å²) >= 11 is 0. The fourth-order valence-electron chi connectivity index (χ4n) is 5.68. The number of tetrazole rings is 1. The van der Waals surface area contributed by atoms with E-state index in [1.807, 2.05) is 17.0 Å². The predicted molar refractivity (Wildman–Crippen MR) is 124 cm³/mol. The van der Waals surface area contributed by atoms with Crippen LogP contribution in [-0.2, 0) is 16.0 Å². The molecule has 3 aliphatic rings. The molecule has 1 aromatic carbocycles. The van der Waals surface area contributed by atoms with Crippen molar-refractivity contribution < 1.29 is 13.9 Å². The molecule has 0 N–H and O–H groups in total. The summed E-state index contributed by atoms with van der Waals surface area (Å²) in [5.41, 5.74) is 4.25. The van der Waals surface area contributed by atoms with Gasteiger partial charge in [-0.3, -0.25) is 14.7 Å². The van der Waals surface area contributed by atoms with Gasteiger partial charge in [-0.1, -0.05) is 6.07 Å². The molecule has 36 heavy (non-hydrogen) atoms. The molecule has 2 aromatic heterocycles. The number of hydrogen-bond acceptors (Lipinski definition) is 8. The van der Waals surface area contributed by atoms with Crippen molar-refractivity contribution in [1.29, 1.82) is 5.26 Å². The highest BCUT2D eigenvalue weighted by molar-refractivity contribution is 5.84. The van der Waals surface area contributed by atoms with Gasteiger partial charge in [0.05, 0.1) is 47.8 Å². The molecule has 3 atom stereocenters.